The van der Waals surface area contributed by atoms with Crippen LogP contribution in [0.2, 0.25) is 10.0 Å². The first-order chi connectivity index (χ1) is 18.2. The van der Waals surface area contributed by atoms with Crippen LogP contribution in [0.15, 0.2) is 42.6 Å². The molecule has 0 fully saturated rings. The summed E-state index contributed by atoms with van der Waals surface area (Å²) in [5, 5.41) is 30.4. The molecular formula is C23H23Cl2N5O8. The molecule has 0 radical (unpaired) electrons. The summed E-state index contributed by atoms with van der Waals surface area (Å²) in [4.78, 5) is 33.6. The Labute approximate surface area is 226 Å². The molecule has 202 valence electrons. The number of nitrogens with zero attached hydrogens (tertiary/aromatic N) is 4. The van der Waals surface area contributed by atoms with Gasteiger partial charge in [0.05, 0.1) is 59.9 Å². The van der Waals surface area contributed by atoms with Gasteiger partial charge >= 0.3 is 5.97 Å². The lowest BCUT2D eigenvalue weighted by Gasteiger charge is -2.12. The average molecular weight is 568 g/mol. The maximum absolute atomic E-state index is 12.9. The van der Waals surface area contributed by atoms with Crippen molar-refractivity contribution in [3.63, 3.8) is 0 Å². The Hall–Kier alpha value is -3.78. The third-order valence-corrected chi connectivity index (χ3v) is 5.41. The summed E-state index contributed by atoms with van der Waals surface area (Å²) >= 11 is 12.2. The van der Waals surface area contributed by atoms with Crippen molar-refractivity contribution >= 4 is 46.5 Å². The molecule has 0 unspecified atom stereocenters. The number of carboxylic acids is 1. The molecule has 2 N–H and O–H groups in total. The molecule has 1 heterocycles. The molecule has 0 saturated carbocycles. The molecule has 1 amide bonds. The van der Waals surface area contributed by atoms with E-state index < -0.39 is 16.8 Å². The van der Waals surface area contributed by atoms with E-state index in [-0.39, 0.29) is 54.1 Å². The van der Waals surface area contributed by atoms with Gasteiger partial charge in [-0.25, -0.2) is 9.48 Å². The second-order valence-corrected chi connectivity index (χ2v) is 8.49. The Balaban J connectivity index is 1.50. The van der Waals surface area contributed by atoms with E-state index in [4.69, 9.17) is 42.5 Å². The average Bonchev–Trinajstić information content (AvgIpc) is 3.32. The van der Waals surface area contributed by atoms with Gasteiger partial charge in [-0.3, -0.25) is 14.9 Å². The normalized spacial score (nSPS) is 10.8. The molecule has 2 aromatic carbocycles. The van der Waals surface area contributed by atoms with Crippen molar-refractivity contribution in [2.24, 2.45) is 0 Å². The van der Waals surface area contributed by atoms with Gasteiger partial charge in [-0.15, -0.1) is 5.10 Å². The summed E-state index contributed by atoms with van der Waals surface area (Å²) in [6.45, 7) is 1.05. The highest BCUT2D eigenvalue weighted by Crippen LogP contribution is 2.29. The lowest BCUT2D eigenvalue weighted by molar-refractivity contribution is -0.384. The number of carbonyl (C=O) groups excluding carboxylic acids is 1. The van der Waals surface area contributed by atoms with Gasteiger partial charge in [0.1, 0.15) is 12.4 Å². The topological polar surface area (TPSA) is 168 Å². The van der Waals surface area contributed by atoms with Crippen molar-refractivity contribution in [3.05, 3.63) is 74.0 Å². The Morgan fingerprint density at radius 2 is 1.87 bits per heavy atom. The van der Waals surface area contributed by atoms with Gasteiger partial charge in [0, 0.05) is 29.8 Å². The van der Waals surface area contributed by atoms with Crippen LogP contribution in [-0.2, 0) is 27.2 Å². The molecular weight excluding hydrogens is 545 g/mol. The van der Waals surface area contributed by atoms with E-state index in [1.54, 1.807) is 23.0 Å². The Bertz CT molecular complexity index is 1290. The fourth-order valence-electron chi connectivity index (χ4n) is 3.08. The first-order valence-electron chi connectivity index (χ1n) is 11.2. The summed E-state index contributed by atoms with van der Waals surface area (Å²) in [5.74, 6) is -1.32. The second kappa shape index (κ2) is 14.2. The number of nitro groups is 1. The summed E-state index contributed by atoms with van der Waals surface area (Å²) in [5.41, 5.74) is 0.806. The van der Waals surface area contributed by atoms with Crippen LogP contribution in [0.3, 0.4) is 0 Å². The molecule has 0 aliphatic heterocycles. The van der Waals surface area contributed by atoms with Crippen molar-refractivity contribution in [1.29, 1.82) is 0 Å². The SMILES string of the molecule is O=C(O)COCCOCCn1cc(CCOc2ccc(Cl)cc2C(=O)Nc2ccc([N+](=O)[O-])cc2Cl)nn1. The van der Waals surface area contributed by atoms with Crippen LogP contribution in [0.4, 0.5) is 11.4 Å². The molecule has 0 bridgehead atoms. The maximum Gasteiger partial charge on any atom is 0.329 e. The van der Waals surface area contributed by atoms with Gasteiger partial charge in [-0.1, -0.05) is 28.4 Å². The quantitative estimate of drug-likeness (QED) is 0.157. The van der Waals surface area contributed by atoms with Crippen LogP contribution < -0.4 is 10.1 Å². The van der Waals surface area contributed by atoms with E-state index in [1.807, 2.05) is 0 Å². The molecule has 0 atom stereocenters. The lowest BCUT2D eigenvalue weighted by Crippen LogP contribution is -2.15. The lowest BCUT2D eigenvalue weighted by atomic mass is 10.1. The summed E-state index contributed by atoms with van der Waals surface area (Å²) in [6.07, 6.45) is 2.14. The number of ether oxygens (including phenoxy) is 3. The van der Waals surface area contributed by atoms with Gasteiger partial charge in [0.2, 0.25) is 0 Å². The van der Waals surface area contributed by atoms with Gasteiger partial charge in [-0.2, -0.15) is 0 Å². The fraction of sp³-hybridized carbons (Fsp3) is 0.304. The minimum absolute atomic E-state index is 0.0112. The van der Waals surface area contributed by atoms with Gasteiger partial charge in [-0.05, 0) is 24.3 Å². The number of benzene rings is 2. The highest BCUT2D eigenvalue weighted by molar-refractivity contribution is 6.34. The van der Waals surface area contributed by atoms with Crippen LogP contribution in [0.5, 0.6) is 5.75 Å². The fourth-order valence-corrected chi connectivity index (χ4v) is 3.47. The number of non-ortho nitro benzene ring substituents is 1. The van der Waals surface area contributed by atoms with Crippen LogP contribution in [0, 0.1) is 10.1 Å². The van der Waals surface area contributed by atoms with Crippen LogP contribution in [0.1, 0.15) is 16.1 Å². The maximum atomic E-state index is 12.9. The predicted octanol–water partition coefficient (Wildman–Crippen LogP) is 3.48. The zero-order chi connectivity index (χ0) is 27.5. The van der Waals surface area contributed by atoms with E-state index in [1.165, 1.54) is 18.2 Å². The molecule has 3 rings (SSSR count). The first-order valence-corrected chi connectivity index (χ1v) is 11.9. The standard InChI is InChI=1S/C23H23Cl2N5O8/c24-15-1-4-21(18(11-15)23(33)26-20-3-2-17(30(34)35)12-19(20)25)38-7-5-16-13-29(28-27-16)6-8-36-9-10-37-14-22(31)32/h1-4,11-13H,5-10,14H2,(H,26,33)(H,31,32). The minimum atomic E-state index is -1.04. The highest BCUT2D eigenvalue weighted by atomic mass is 35.5. The Kier molecular flexibility index (Phi) is 10.8. The van der Waals surface area contributed by atoms with Crippen molar-refractivity contribution in [3.8, 4) is 5.75 Å². The number of aliphatic carboxylic acids is 1. The zero-order valence-corrected chi connectivity index (χ0v) is 21.4. The van der Waals surface area contributed by atoms with Crippen molar-refractivity contribution in [2.45, 2.75) is 13.0 Å². The smallest absolute Gasteiger partial charge is 0.329 e. The number of nitrogens with one attached hydrogen (secondary N) is 1. The van der Waals surface area contributed by atoms with Gasteiger partial charge in [0.25, 0.3) is 11.6 Å². The minimum Gasteiger partial charge on any atom is -0.492 e. The predicted molar refractivity (Wildman–Crippen MR) is 136 cm³/mol. The molecule has 13 nitrogen and oxygen atoms in total. The molecule has 3 aromatic rings. The van der Waals surface area contributed by atoms with Gasteiger partial charge < -0.3 is 24.6 Å². The first kappa shape index (κ1) is 28.8. The third-order valence-electron chi connectivity index (χ3n) is 4.86. The van der Waals surface area contributed by atoms with E-state index in [0.717, 1.165) is 6.07 Å². The number of carbonyl (C=O) groups is 2. The van der Waals surface area contributed by atoms with Crippen LogP contribution in [0.25, 0.3) is 0 Å². The third kappa shape index (κ3) is 8.95. The number of hydrogen-bond acceptors (Lipinski definition) is 9. The summed E-state index contributed by atoms with van der Waals surface area (Å²) in [7, 11) is 0. The molecule has 0 saturated heterocycles. The molecule has 0 aliphatic carbocycles. The van der Waals surface area contributed by atoms with Crippen molar-refractivity contribution in [1.82, 2.24) is 15.0 Å². The number of amides is 1. The molecule has 15 heteroatoms. The monoisotopic (exact) mass is 567 g/mol. The molecule has 0 spiro atoms. The molecule has 38 heavy (non-hydrogen) atoms. The zero-order valence-electron chi connectivity index (χ0n) is 19.8. The van der Waals surface area contributed by atoms with Crippen molar-refractivity contribution < 1.29 is 33.8 Å². The summed E-state index contributed by atoms with van der Waals surface area (Å²) in [6, 6.07) is 8.29. The second-order valence-electron chi connectivity index (χ2n) is 7.65. The number of halogens is 2. The largest absolute Gasteiger partial charge is 0.492 e. The number of anilines is 1. The van der Waals surface area contributed by atoms with Gasteiger partial charge in [0.15, 0.2) is 0 Å². The number of hydrogen-bond donors (Lipinski definition) is 2. The number of nitro benzene ring substituents is 1. The summed E-state index contributed by atoms with van der Waals surface area (Å²) < 4.78 is 17.6. The van der Waals surface area contributed by atoms with E-state index in [2.05, 4.69) is 15.6 Å². The van der Waals surface area contributed by atoms with Crippen LogP contribution >= 0.6 is 23.2 Å². The number of aromatic nitrogens is 3. The Morgan fingerprint density at radius 1 is 1.08 bits per heavy atom. The van der Waals surface area contributed by atoms with Crippen molar-refractivity contribution in [2.75, 3.05) is 38.4 Å². The van der Waals surface area contributed by atoms with Crippen LogP contribution in [-0.4, -0.2) is 69.9 Å². The number of rotatable bonds is 15. The highest BCUT2D eigenvalue weighted by Gasteiger charge is 2.17. The molecule has 1 aromatic heterocycles. The van der Waals surface area contributed by atoms with E-state index in [0.29, 0.717) is 30.3 Å². The Morgan fingerprint density at radius 3 is 2.61 bits per heavy atom. The van der Waals surface area contributed by atoms with E-state index >= 15 is 0 Å². The molecule has 0 aliphatic rings. The van der Waals surface area contributed by atoms with E-state index in [9.17, 15) is 19.7 Å². The number of carboxylic acid groups (broad SMARTS) is 1.